The Morgan fingerprint density at radius 1 is 1.29 bits per heavy atom. The summed E-state index contributed by atoms with van der Waals surface area (Å²) in [5.41, 5.74) is 10.1. The van der Waals surface area contributed by atoms with Crippen molar-refractivity contribution in [3.05, 3.63) is 41.5 Å². The Morgan fingerprint density at radius 2 is 2.00 bits per heavy atom. The van der Waals surface area contributed by atoms with Crippen molar-refractivity contribution >= 4 is 5.69 Å². The summed E-state index contributed by atoms with van der Waals surface area (Å²) in [7, 11) is 0. The summed E-state index contributed by atoms with van der Waals surface area (Å²) in [4.78, 5) is 2.41. The minimum atomic E-state index is 0.174. The van der Waals surface area contributed by atoms with Crippen LogP contribution in [0.5, 0.6) is 0 Å². The Balaban J connectivity index is 2.08. The molecule has 1 heterocycles. The van der Waals surface area contributed by atoms with E-state index in [4.69, 9.17) is 5.73 Å². The molecule has 2 nitrogen and oxygen atoms in total. The summed E-state index contributed by atoms with van der Waals surface area (Å²) >= 11 is 0. The number of hydrogen-bond donors (Lipinski definition) is 1. The average molecular weight is 230 g/mol. The maximum Gasteiger partial charge on any atom is 0.0369 e. The van der Waals surface area contributed by atoms with Crippen molar-refractivity contribution in [2.24, 2.45) is 5.73 Å². The van der Waals surface area contributed by atoms with Crippen LogP contribution in [-0.4, -0.2) is 13.1 Å². The predicted octanol–water partition coefficient (Wildman–Crippen LogP) is 3.25. The van der Waals surface area contributed by atoms with Crippen molar-refractivity contribution in [3.63, 3.8) is 0 Å². The van der Waals surface area contributed by atoms with Gasteiger partial charge in [-0.25, -0.2) is 0 Å². The highest BCUT2D eigenvalue weighted by atomic mass is 15.1. The van der Waals surface area contributed by atoms with Gasteiger partial charge in [0.2, 0.25) is 0 Å². The van der Waals surface area contributed by atoms with Crippen LogP contribution < -0.4 is 10.6 Å². The second-order valence-corrected chi connectivity index (χ2v) is 4.85. The molecule has 1 aliphatic rings. The minimum absolute atomic E-state index is 0.174. The van der Waals surface area contributed by atoms with Gasteiger partial charge in [-0.15, -0.1) is 0 Å². The third-order valence-corrected chi connectivity index (χ3v) is 3.56. The third kappa shape index (κ3) is 2.89. The quantitative estimate of drug-likeness (QED) is 0.808. The van der Waals surface area contributed by atoms with E-state index in [1.807, 2.05) is 0 Å². The molecule has 0 saturated heterocycles. The van der Waals surface area contributed by atoms with E-state index in [0.29, 0.717) is 0 Å². The average Bonchev–Trinajstić information content (AvgIpc) is 2.39. The van der Waals surface area contributed by atoms with E-state index < -0.39 is 0 Å². The minimum Gasteiger partial charge on any atom is -0.367 e. The van der Waals surface area contributed by atoms with Crippen molar-refractivity contribution < 1.29 is 0 Å². The fourth-order valence-corrected chi connectivity index (χ4v) is 2.17. The largest absolute Gasteiger partial charge is 0.367 e. The summed E-state index contributed by atoms with van der Waals surface area (Å²) in [6, 6.07) is 8.88. The van der Waals surface area contributed by atoms with Crippen LogP contribution in [0.2, 0.25) is 0 Å². The molecule has 0 amide bonds. The van der Waals surface area contributed by atoms with Gasteiger partial charge >= 0.3 is 0 Å². The van der Waals surface area contributed by atoms with E-state index in [1.54, 1.807) is 0 Å². The maximum atomic E-state index is 6.02. The lowest BCUT2D eigenvalue weighted by Gasteiger charge is -2.27. The number of nitrogens with two attached hydrogens (primary N) is 1. The smallest absolute Gasteiger partial charge is 0.0369 e. The molecule has 1 atom stereocenters. The van der Waals surface area contributed by atoms with Gasteiger partial charge in [-0.2, -0.15) is 0 Å². The molecule has 0 aromatic heterocycles. The fourth-order valence-electron chi connectivity index (χ4n) is 2.17. The summed E-state index contributed by atoms with van der Waals surface area (Å²) in [5.74, 6) is 0. The van der Waals surface area contributed by atoms with Crippen molar-refractivity contribution in [1.29, 1.82) is 0 Å². The molecule has 0 aliphatic carbocycles. The van der Waals surface area contributed by atoms with Crippen LogP contribution in [0.1, 0.15) is 38.3 Å². The van der Waals surface area contributed by atoms with Gasteiger partial charge in [0.15, 0.2) is 0 Å². The lowest BCUT2D eigenvalue weighted by molar-refractivity contribution is 0.698. The van der Waals surface area contributed by atoms with Gasteiger partial charge in [-0.05, 0) is 37.5 Å². The molecule has 0 unspecified atom stereocenters. The molecule has 2 heteroatoms. The normalized spacial score (nSPS) is 17.8. The molecule has 17 heavy (non-hydrogen) atoms. The van der Waals surface area contributed by atoms with E-state index >= 15 is 0 Å². The zero-order valence-electron chi connectivity index (χ0n) is 10.8. The van der Waals surface area contributed by atoms with Gasteiger partial charge in [0, 0.05) is 24.8 Å². The number of nitrogens with zero attached hydrogens (tertiary/aromatic N) is 1. The lowest BCUT2D eigenvalue weighted by atomic mass is 10.0. The summed E-state index contributed by atoms with van der Waals surface area (Å²) in [6.45, 7) is 6.49. The monoisotopic (exact) mass is 230 g/mol. The first-order valence-electron chi connectivity index (χ1n) is 6.47. The second-order valence-electron chi connectivity index (χ2n) is 4.85. The van der Waals surface area contributed by atoms with Crippen molar-refractivity contribution in [3.8, 4) is 0 Å². The highest BCUT2D eigenvalue weighted by Crippen LogP contribution is 2.22. The SMILES string of the molecule is CC[C@H](N)c1ccc(N2CC=C(C)CC2)cc1. The first-order chi connectivity index (χ1) is 8.20. The molecule has 1 aromatic rings. The van der Waals surface area contributed by atoms with E-state index in [1.165, 1.54) is 23.2 Å². The van der Waals surface area contributed by atoms with Gasteiger partial charge in [-0.1, -0.05) is 30.7 Å². The molecular formula is C15H22N2. The molecule has 0 spiro atoms. The Kier molecular flexibility index (Phi) is 3.85. The predicted molar refractivity (Wildman–Crippen MR) is 74.2 cm³/mol. The standard InChI is InChI=1S/C15H22N2/c1-3-15(16)13-4-6-14(7-5-13)17-10-8-12(2)9-11-17/h4-8,15H,3,9-11,16H2,1-2H3/t15-/m0/s1. The molecule has 0 bridgehead atoms. The van der Waals surface area contributed by atoms with Crippen molar-refractivity contribution in [2.45, 2.75) is 32.7 Å². The lowest BCUT2D eigenvalue weighted by Crippen LogP contribution is -2.28. The van der Waals surface area contributed by atoms with Crippen LogP contribution >= 0.6 is 0 Å². The topological polar surface area (TPSA) is 29.3 Å². The molecule has 2 N–H and O–H groups in total. The molecule has 92 valence electrons. The molecule has 2 rings (SSSR count). The second kappa shape index (κ2) is 5.37. The summed E-state index contributed by atoms with van der Waals surface area (Å²) in [6.07, 6.45) is 4.48. The molecule has 1 aliphatic heterocycles. The number of benzene rings is 1. The Morgan fingerprint density at radius 3 is 2.53 bits per heavy atom. The Labute approximate surface area is 104 Å². The van der Waals surface area contributed by atoms with Gasteiger partial charge in [0.25, 0.3) is 0 Å². The van der Waals surface area contributed by atoms with E-state index in [-0.39, 0.29) is 6.04 Å². The van der Waals surface area contributed by atoms with Crippen molar-refractivity contribution in [1.82, 2.24) is 0 Å². The van der Waals surface area contributed by atoms with Crippen LogP contribution in [-0.2, 0) is 0 Å². The number of anilines is 1. The van der Waals surface area contributed by atoms with Crippen LogP contribution in [0.15, 0.2) is 35.9 Å². The highest BCUT2D eigenvalue weighted by Gasteiger charge is 2.10. The van der Waals surface area contributed by atoms with E-state index in [0.717, 1.165) is 19.5 Å². The third-order valence-electron chi connectivity index (χ3n) is 3.56. The van der Waals surface area contributed by atoms with E-state index in [2.05, 4.69) is 49.1 Å². The van der Waals surface area contributed by atoms with Crippen LogP contribution in [0.3, 0.4) is 0 Å². The van der Waals surface area contributed by atoms with Crippen LogP contribution in [0.4, 0.5) is 5.69 Å². The van der Waals surface area contributed by atoms with Crippen molar-refractivity contribution in [2.75, 3.05) is 18.0 Å². The van der Waals surface area contributed by atoms with Gasteiger partial charge in [0.05, 0.1) is 0 Å². The highest BCUT2D eigenvalue weighted by molar-refractivity contribution is 5.49. The molecule has 1 aromatic carbocycles. The molecule has 0 radical (unpaired) electrons. The zero-order valence-corrected chi connectivity index (χ0v) is 10.8. The maximum absolute atomic E-state index is 6.02. The van der Waals surface area contributed by atoms with E-state index in [9.17, 15) is 0 Å². The fraction of sp³-hybridized carbons (Fsp3) is 0.467. The molecular weight excluding hydrogens is 208 g/mol. The number of hydrogen-bond acceptors (Lipinski definition) is 2. The molecule has 0 saturated carbocycles. The van der Waals surface area contributed by atoms with Gasteiger partial charge < -0.3 is 10.6 Å². The first-order valence-corrected chi connectivity index (χ1v) is 6.47. The van der Waals surface area contributed by atoms with Crippen LogP contribution in [0.25, 0.3) is 0 Å². The van der Waals surface area contributed by atoms with Crippen LogP contribution in [0, 0.1) is 0 Å². The Hall–Kier alpha value is -1.28. The summed E-state index contributed by atoms with van der Waals surface area (Å²) < 4.78 is 0. The van der Waals surface area contributed by atoms with Gasteiger partial charge in [-0.3, -0.25) is 0 Å². The Bertz CT molecular complexity index is 392. The zero-order chi connectivity index (χ0) is 12.3. The summed E-state index contributed by atoms with van der Waals surface area (Å²) in [5, 5.41) is 0. The van der Waals surface area contributed by atoms with Gasteiger partial charge in [0.1, 0.15) is 0 Å². The number of rotatable bonds is 3. The molecule has 0 fully saturated rings. The first kappa shape index (κ1) is 12.2.